The van der Waals surface area contributed by atoms with Crippen LogP contribution >= 0.6 is 0 Å². The number of benzene rings is 3. The van der Waals surface area contributed by atoms with Crippen molar-refractivity contribution in [2.75, 3.05) is 0 Å². The second-order valence-corrected chi connectivity index (χ2v) is 4.82. The molecule has 0 atom stereocenters. The molecule has 0 aliphatic carbocycles. The summed E-state index contributed by atoms with van der Waals surface area (Å²) in [5.74, 6) is 0. The number of aromatic nitrogens is 2. The summed E-state index contributed by atoms with van der Waals surface area (Å²) >= 11 is 0. The largest absolute Gasteiger partial charge is 0.244 e. The van der Waals surface area contributed by atoms with E-state index in [4.69, 9.17) is 9.97 Å². The second kappa shape index (κ2) is 3.75. The van der Waals surface area contributed by atoms with E-state index in [1.807, 2.05) is 24.3 Å². The zero-order valence-electron chi connectivity index (χ0n) is 10.6. The summed E-state index contributed by atoms with van der Waals surface area (Å²) in [5, 5.41) is 2.43. The Bertz CT molecular complexity index is 926. The lowest BCUT2D eigenvalue weighted by atomic mass is 10.0. The number of hydrogen-bond donors (Lipinski definition) is 0. The molecule has 3 aromatic carbocycles. The average molecular weight is 244 g/mol. The van der Waals surface area contributed by atoms with Gasteiger partial charge in [0.2, 0.25) is 0 Å². The van der Waals surface area contributed by atoms with Crippen molar-refractivity contribution in [3.05, 3.63) is 60.2 Å². The Balaban J connectivity index is 2.29. The SMILES string of the molecule is Cc1cccc2ccc3nc4ccccc4nc3c12. The van der Waals surface area contributed by atoms with E-state index < -0.39 is 0 Å². The predicted molar refractivity (Wildman–Crippen MR) is 79.3 cm³/mol. The van der Waals surface area contributed by atoms with Gasteiger partial charge in [0.15, 0.2) is 0 Å². The number of fused-ring (bicyclic) bond motifs is 4. The molecule has 2 heteroatoms. The van der Waals surface area contributed by atoms with E-state index in [-0.39, 0.29) is 0 Å². The Labute approximate surface area is 110 Å². The van der Waals surface area contributed by atoms with E-state index in [0.717, 1.165) is 22.1 Å². The molecule has 4 rings (SSSR count). The van der Waals surface area contributed by atoms with Crippen molar-refractivity contribution in [2.45, 2.75) is 6.92 Å². The molecule has 90 valence electrons. The molecular formula is C17H12N2. The smallest absolute Gasteiger partial charge is 0.0975 e. The molecule has 0 aliphatic rings. The molecule has 0 fully saturated rings. The molecule has 0 unspecified atom stereocenters. The predicted octanol–water partition coefficient (Wildman–Crippen LogP) is 4.24. The van der Waals surface area contributed by atoms with Crippen molar-refractivity contribution in [2.24, 2.45) is 0 Å². The van der Waals surface area contributed by atoms with Crippen molar-refractivity contribution in [3.63, 3.8) is 0 Å². The van der Waals surface area contributed by atoms with Crippen LogP contribution in [0, 0.1) is 6.92 Å². The highest BCUT2D eigenvalue weighted by Gasteiger charge is 2.06. The Kier molecular flexibility index (Phi) is 2.06. The molecule has 19 heavy (non-hydrogen) atoms. The van der Waals surface area contributed by atoms with Crippen molar-refractivity contribution >= 4 is 32.8 Å². The summed E-state index contributed by atoms with van der Waals surface area (Å²) in [6.07, 6.45) is 0. The van der Waals surface area contributed by atoms with Gasteiger partial charge in [0.05, 0.1) is 22.1 Å². The number of hydrogen-bond acceptors (Lipinski definition) is 2. The first-order valence-electron chi connectivity index (χ1n) is 6.38. The normalized spacial score (nSPS) is 11.4. The van der Waals surface area contributed by atoms with Gasteiger partial charge in [-0.05, 0) is 36.1 Å². The van der Waals surface area contributed by atoms with Crippen LogP contribution in [0.5, 0.6) is 0 Å². The maximum absolute atomic E-state index is 4.80. The standard InChI is InChI=1S/C17H12N2/c1-11-5-4-6-12-9-10-15-17(16(11)12)19-14-8-3-2-7-13(14)18-15/h2-10H,1H3. The number of aryl methyl sites for hydroxylation is 1. The summed E-state index contributed by atoms with van der Waals surface area (Å²) in [6, 6.07) is 18.5. The number of rotatable bonds is 0. The first-order chi connectivity index (χ1) is 9.33. The Morgan fingerprint density at radius 1 is 0.684 bits per heavy atom. The van der Waals surface area contributed by atoms with Crippen LogP contribution in [0.4, 0.5) is 0 Å². The van der Waals surface area contributed by atoms with Gasteiger partial charge < -0.3 is 0 Å². The highest BCUT2D eigenvalue weighted by molar-refractivity contribution is 6.07. The van der Waals surface area contributed by atoms with E-state index in [1.165, 1.54) is 16.3 Å². The fourth-order valence-electron chi connectivity index (χ4n) is 2.64. The third-order valence-electron chi connectivity index (χ3n) is 3.56. The third-order valence-corrected chi connectivity index (χ3v) is 3.56. The van der Waals surface area contributed by atoms with Crippen LogP contribution in [-0.4, -0.2) is 9.97 Å². The zero-order chi connectivity index (χ0) is 12.8. The Hall–Kier alpha value is -2.48. The molecular weight excluding hydrogens is 232 g/mol. The van der Waals surface area contributed by atoms with Crippen LogP contribution in [0.2, 0.25) is 0 Å². The lowest BCUT2D eigenvalue weighted by Gasteiger charge is -2.06. The van der Waals surface area contributed by atoms with E-state index in [0.29, 0.717) is 0 Å². The van der Waals surface area contributed by atoms with E-state index >= 15 is 0 Å². The van der Waals surface area contributed by atoms with E-state index in [2.05, 4.69) is 37.3 Å². The van der Waals surface area contributed by atoms with Crippen LogP contribution < -0.4 is 0 Å². The molecule has 4 aromatic rings. The fourth-order valence-corrected chi connectivity index (χ4v) is 2.64. The average Bonchev–Trinajstić information content (AvgIpc) is 2.45. The second-order valence-electron chi connectivity index (χ2n) is 4.82. The molecule has 0 saturated carbocycles. The first kappa shape index (κ1) is 10.4. The van der Waals surface area contributed by atoms with Gasteiger partial charge >= 0.3 is 0 Å². The minimum absolute atomic E-state index is 0.947. The molecule has 0 bridgehead atoms. The maximum atomic E-state index is 4.80. The summed E-state index contributed by atoms with van der Waals surface area (Å²) in [7, 11) is 0. The molecule has 0 amide bonds. The molecule has 2 nitrogen and oxygen atoms in total. The minimum atomic E-state index is 0.947. The van der Waals surface area contributed by atoms with Gasteiger partial charge in [-0.25, -0.2) is 9.97 Å². The van der Waals surface area contributed by atoms with Gasteiger partial charge in [0.1, 0.15) is 0 Å². The molecule has 0 radical (unpaired) electrons. The number of nitrogens with zero attached hydrogens (tertiary/aromatic N) is 2. The van der Waals surface area contributed by atoms with Crippen LogP contribution in [-0.2, 0) is 0 Å². The van der Waals surface area contributed by atoms with Crippen LogP contribution in [0.1, 0.15) is 5.56 Å². The zero-order valence-corrected chi connectivity index (χ0v) is 10.6. The van der Waals surface area contributed by atoms with Crippen molar-refractivity contribution in [1.82, 2.24) is 9.97 Å². The van der Waals surface area contributed by atoms with Gasteiger partial charge in [-0.1, -0.05) is 36.4 Å². The molecule has 1 aromatic heterocycles. The van der Waals surface area contributed by atoms with Crippen molar-refractivity contribution in [1.29, 1.82) is 0 Å². The summed E-state index contributed by atoms with van der Waals surface area (Å²) < 4.78 is 0. The van der Waals surface area contributed by atoms with E-state index in [1.54, 1.807) is 0 Å². The molecule has 1 heterocycles. The van der Waals surface area contributed by atoms with Gasteiger partial charge in [-0.15, -0.1) is 0 Å². The highest BCUT2D eigenvalue weighted by Crippen LogP contribution is 2.27. The van der Waals surface area contributed by atoms with Gasteiger partial charge in [0, 0.05) is 5.39 Å². The van der Waals surface area contributed by atoms with Crippen LogP contribution in [0.15, 0.2) is 54.6 Å². The van der Waals surface area contributed by atoms with Crippen LogP contribution in [0.3, 0.4) is 0 Å². The lowest BCUT2D eigenvalue weighted by Crippen LogP contribution is -1.89. The monoisotopic (exact) mass is 244 g/mol. The summed E-state index contributed by atoms with van der Waals surface area (Å²) in [4.78, 5) is 9.51. The van der Waals surface area contributed by atoms with Gasteiger partial charge in [0.25, 0.3) is 0 Å². The van der Waals surface area contributed by atoms with Crippen molar-refractivity contribution < 1.29 is 0 Å². The summed E-state index contributed by atoms with van der Waals surface area (Å²) in [5.41, 5.74) is 5.09. The fraction of sp³-hybridized carbons (Fsp3) is 0.0588. The maximum Gasteiger partial charge on any atom is 0.0975 e. The third kappa shape index (κ3) is 1.50. The van der Waals surface area contributed by atoms with Crippen LogP contribution in [0.25, 0.3) is 32.8 Å². The van der Waals surface area contributed by atoms with Gasteiger partial charge in [-0.2, -0.15) is 0 Å². The Morgan fingerprint density at radius 3 is 2.32 bits per heavy atom. The highest BCUT2D eigenvalue weighted by atomic mass is 14.8. The number of para-hydroxylation sites is 2. The quantitative estimate of drug-likeness (QED) is 0.341. The summed E-state index contributed by atoms with van der Waals surface area (Å²) in [6.45, 7) is 2.12. The molecule has 0 spiro atoms. The topological polar surface area (TPSA) is 25.8 Å². The Morgan fingerprint density at radius 2 is 1.47 bits per heavy atom. The van der Waals surface area contributed by atoms with Gasteiger partial charge in [-0.3, -0.25) is 0 Å². The molecule has 0 aliphatic heterocycles. The molecule has 0 N–H and O–H groups in total. The van der Waals surface area contributed by atoms with Crippen molar-refractivity contribution in [3.8, 4) is 0 Å². The lowest BCUT2D eigenvalue weighted by molar-refractivity contribution is 1.40. The minimum Gasteiger partial charge on any atom is -0.244 e. The first-order valence-corrected chi connectivity index (χ1v) is 6.38. The van der Waals surface area contributed by atoms with E-state index in [9.17, 15) is 0 Å². The molecule has 0 saturated heterocycles.